The Balaban J connectivity index is 3.20. The highest BCUT2D eigenvalue weighted by Gasteiger charge is 2.17. The summed E-state index contributed by atoms with van der Waals surface area (Å²) >= 11 is 5.34. The van der Waals surface area contributed by atoms with Crippen LogP contribution in [0.15, 0.2) is 12.1 Å². The molecule has 0 aliphatic carbocycles. The summed E-state index contributed by atoms with van der Waals surface area (Å²) < 4.78 is 0. The predicted octanol–water partition coefficient (Wildman–Crippen LogP) is 1.08. The van der Waals surface area contributed by atoms with E-state index in [1.165, 1.54) is 0 Å². The lowest BCUT2D eigenvalue weighted by Gasteiger charge is -2.11. The highest BCUT2D eigenvalue weighted by molar-refractivity contribution is 6.18. The number of alkyl halides is 1. The minimum Gasteiger partial charge on any atom is -0.508 e. The monoisotopic (exact) mass is 204 g/mol. The largest absolute Gasteiger partial charge is 0.508 e. The fourth-order valence-corrected chi connectivity index (χ4v) is 1.18. The second-order valence-electron chi connectivity index (χ2n) is 2.57. The molecule has 0 bridgehead atoms. The van der Waals surface area contributed by atoms with Gasteiger partial charge in [0.05, 0.1) is 17.5 Å². The molecule has 0 aromatic heterocycles. The van der Waals surface area contributed by atoms with E-state index in [1.807, 2.05) is 0 Å². The van der Waals surface area contributed by atoms with E-state index < -0.39 is 6.10 Å². The van der Waals surface area contributed by atoms with E-state index in [0.29, 0.717) is 0 Å². The van der Waals surface area contributed by atoms with E-state index in [0.717, 1.165) is 12.1 Å². The molecule has 4 nitrogen and oxygen atoms in total. The number of aromatic hydroxyl groups is 3. The van der Waals surface area contributed by atoms with Gasteiger partial charge in [0, 0.05) is 12.1 Å². The molecular weight excluding hydrogens is 196 g/mol. The molecule has 1 aromatic rings. The zero-order valence-corrected chi connectivity index (χ0v) is 7.36. The van der Waals surface area contributed by atoms with Crippen molar-refractivity contribution in [3.63, 3.8) is 0 Å². The molecule has 4 N–H and O–H groups in total. The van der Waals surface area contributed by atoms with Crippen LogP contribution in [0, 0.1) is 0 Å². The standard InChI is InChI=1S/C8H9ClO4/c9-3-7(13)8-5(11)1-4(10)2-6(8)12/h1-2,7,10-13H,3H2. The fraction of sp³-hybridized carbons (Fsp3) is 0.250. The van der Waals surface area contributed by atoms with Gasteiger partial charge in [-0.2, -0.15) is 0 Å². The van der Waals surface area contributed by atoms with Crippen LogP contribution in [0.1, 0.15) is 11.7 Å². The van der Waals surface area contributed by atoms with Gasteiger partial charge in [0.1, 0.15) is 17.2 Å². The number of rotatable bonds is 2. The first-order valence-corrected chi connectivity index (χ1v) is 4.08. The Kier molecular flexibility index (Phi) is 2.85. The van der Waals surface area contributed by atoms with E-state index in [9.17, 15) is 15.3 Å². The van der Waals surface area contributed by atoms with Crippen molar-refractivity contribution in [2.45, 2.75) is 6.10 Å². The number of phenolic OH excluding ortho intramolecular Hbond substituents is 3. The maximum atomic E-state index is 9.25. The summed E-state index contributed by atoms with van der Waals surface area (Å²) in [5.41, 5.74) is -0.0761. The third-order valence-corrected chi connectivity index (χ3v) is 1.89. The molecule has 0 aliphatic rings. The molecule has 5 heteroatoms. The quantitative estimate of drug-likeness (QED) is 0.544. The smallest absolute Gasteiger partial charge is 0.128 e. The van der Waals surface area contributed by atoms with Gasteiger partial charge in [0.25, 0.3) is 0 Å². The van der Waals surface area contributed by atoms with Gasteiger partial charge in [-0.25, -0.2) is 0 Å². The van der Waals surface area contributed by atoms with Crippen LogP contribution in [0.25, 0.3) is 0 Å². The number of hydrogen-bond donors (Lipinski definition) is 4. The van der Waals surface area contributed by atoms with Crippen molar-refractivity contribution in [1.82, 2.24) is 0 Å². The summed E-state index contributed by atoms with van der Waals surface area (Å²) in [6, 6.07) is 2.04. The van der Waals surface area contributed by atoms with Gasteiger partial charge in [-0.05, 0) is 0 Å². The van der Waals surface area contributed by atoms with Crippen LogP contribution < -0.4 is 0 Å². The molecule has 1 atom stereocenters. The van der Waals surface area contributed by atoms with E-state index in [2.05, 4.69) is 0 Å². The number of halogens is 1. The van der Waals surface area contributed by atoms with Crippen LogP contribution in [0.5, 0.6) is 17.2 Å². The van der Waals surface area contributed by atoms with Crippen molar-refractivity contribution in [1.29, 1.82) is 0 Å². The molecule has 72 valence electrons. The summed E-state index contributed by atoms with van der Waals surface area (Å²) in [6.07, 6.45) is -1.15. The van der Waals surface area contributed by atoms with Crippen LogP contribution in [-0.4, -0.2) is 26.3 Å². The predicted molar refractivity (Wildman–Crippen MR) is 47.1 cm³/mol. The average Bonchev–Trinajstić information content (AvgIpc) is 2.02. The summed E-state index contributed by atoms with van der Waals surface area (Å²) in [4.78, 5) is 0. The Morgan fingerprint density at radius 3 is 2.00 bits per heavy atom. The SMILES string of the molecule is Oc1cc(O)c(C(O)CCl)c(O)c1. The molecule has 0 radical (unpaired) electrons. The molecule has 0 spiro atoms. The maximum absolute atomic E-state index is 9.25. The van der Waals surface area contributed by atoms with E-state index in [1.54, 1.807) is 0 Å². The number of benzene rings is 1. The van der Waals surface area contributed by atoms with Gasteiger partial charge < -0.3 is 20.4 Å². The van der Waals surface area contributed by atoms with Crippen LogP contribution in [0.3, 0.4) is 0 Å². The zero-order valence-electron chi connectivity index (χ0n) is 6.61. The Morgan fingerprint density at radius 1 is 1.15 bits per heavy atom. The molecule has 1 aromatic carbocycles. The summed E-state index contributed by atoms with van der Waals surface area (Å²) in [5, 5.41) is 36.7. The normalized spacial score (nSPS) is 12.8. The minimum absolute atomic E-state index is 0.0761. The van der Waals surface area contributed by atoms with Gasteiger partial charge in [0.15, 0.2) is 0 Å². The fourth-order valence-electron chi connectivity index (χ4n) is 1.03. The lowest BCUT2D eigenvalue weighted by Crippen LogP contribution is -1.99. The van der Waals surface area contributed by atoms with Crippen molar-refractivity contribution >= 4 is 11.6 Å². The van der Waals surface area contributed by atoms with Crippen molar-refractivity contribution in [2.24, 2.45) is 0 Å². The molecular formula is C8H9ClO4. The van der Waals surface area contributed by atoms with Gasteiger partial charge >= 0.3 is 0 Å². The Bertz CT molecular complexity index is 290. The third-order valence-electron chi connectivity index (χ3n) is 1.60. The Labute approximate surface area is 79.6 Å². The van der Waals surface area contributed by atoms with E-state index >= 15 is 0 Å². The van der Waals surface area contributed by atoms with Crippen molar-refractivity contribution in [2.75, 3.05) is 5.88 Å². The third kappa shape index (κ3) is 1.96. The molecule has 0 saturated heterocycles. The Morgan fingerprint density at radius 2 is 1.62 bits per heavy atom. The number of phenols is 3. The minimum atomic E-state index is -1.15. The first kappa shape index (κ1) is 9.95. The summed E-state index contributed by atoms with van der Waals surface area (Å²) in [5.74, 6) is -1.19. The van der Waals surface area contributed by atoms with Crippen LogP contribution in [-0.2, 0) is 0 Å². The molecule has 13 heavy (non-hydrogen) atoms. The van der Waals surface area contributed by atoms with Crippen LogP contribution in [0.4, 0.5) is 0 Å². The molecule has 0 amide bonds. The molecule has 0 saturated carbocycles. The van der Waals surface area contributed by atoms with Gasteiger partial charge in [-0.15, -0.1) is 11.6 Å². The van der Waals surface area contributed by atoms with Gasteiger partial charge in [-0.3, -0.25) is 0 Å². The lowest BCUT2D eigenvalue weighted by molar-refractivity contribution is 0.193. The second-order valence-corrected chi connectivity index (χ2v) is 2.88. The maximum Gasteiger partial charge on any atom is 0.128 e. The summed E-state index contributed by atoms with van der Waals surface area (Å²) in [6.45, 7) is 0. The number of aliphatic hydroxyl groups is 1. The van der Waals surface area contributed by atoms with Crippen LogP contribution >= 0.6 is 11.6 Å². The molecule has 0 aliphatic heterocycles. The summed E-state index contributed by atoms with van der Waals surface area (Å²) in [7, 11) is 0. The highest BCUT2D eigenvalue weighted by Crippen LogP contribution is 2.36. The van der Waals surface area contributed by atoms with Gasteiger partial charge in [-0.1, -0.05) is 0 Å². The van der Waals surface area contributed by atoms with Crippen LogP contribution in [0.2, 0.25) is 0 Å². The Hall–Kier alpha value is -1.13. The first-order valence-electron chi connectivity index (χ1n) is 3.55. The topological polar surface area (TPSA) is 80.9 Å². The number of aliphatic hydroxyl groups excluding tert-OH is 1. The highest BCUT2D eigenvalue weighted by atomic mass is 35.5. The van der Waals surface area contributed by atoms with Crippen molar-refractivity contribution in [3.05, 3.63) is 17.7 Å². The van der Waals surface area contributed by atoms with E-state index in [-0.39, 0.29) is 28.7 Å². The average molecular weight is 205 g/mol. The molecule has 0 fully saturated rings. The molecule has 1 rings (SSSR count). The van der Waals surface area contributed by atoms with Gasteiger partial charge in [0.2, 0.25) is 0 Å². The first-order chi connectivity index (χ1) is 6.06. The zero-order chi connectivity index (χ0) is 10.0. The lowest BCUT2D eigenvalue weighted by atomic mass is 10.1. The van der Waals surface area contributed by atoms with Crippen molar-refractivity contribution in [3.8, 4) is 17.2 Å². The molecule has 1 unspecified atom stereocenters. The second kappa shape index (κ2) is 3.72. The molecule has 0 heterocycles. The van der Waals surface area contributed by atoms with Crippen molar-refractivity contribution < 1.29 is 20.4 Å². The number of hydrogen-bond acceptors (Lipinski definition) is 4. The van der Waals surface area contributed by atoms with E-state index in [4.69, 9.17) is 16.7 Å².